The molecule has 0 atom stereocenters. The Bertz CT molecular complexity index is 1480. The molecule has 0 spiro atoms. The number of methoxy groups -OCH3 is 2. The van der Waals surface area contributed by atoms with Gasteiger partial charge >= 0.3 is 6.18 Å². The first-order valence-corrected chi connectivity index (χ1v) is 11.4. The topological polar surface area (TPSA) is 34.1 Å². The molecule has 4 nitrogen and oxygen atoms in total. The molecular formula is C29H22F4N2O2. The van der Waals surface area contributed by atoms with Gasteiger partial charge in [0.1, 0.15) is 28.8 Å². The third-order valence-corrected chi connectivity index (χ3v) is 6.22. The summed E-state index contributed by atoms with van der Waals surface area (Å²) in [6.45, 7) is 0.112. The number of ether oxygens (including phenoxy) is 2. The molecule has 0 unspecified atom stereocenters. The van der Waals surface area contributed by atoms with Gasteiger partial charge in [-0.1, -0.05) is 48.5 Å². The summed E-state index contributed by atoms with van der Waals surface area (Å²) in [5, 5.41) is 0. The molecule has 4 aromatic carbocycles. The molecule has 188 valence electrons. The second-order valence-electron chi connectivity index (χ2n) is 8.46. The molecule has 0 saturated heterocycles. The van der Waals surface area contributed by atoms with E-state index in [1.165, 1.54) is 19.2 Å². The van der Waals surface area contributed by atoms with Gasteiger partial charge in [0, 0.05) is 11.1 Å². The van der Waals surface area contributed by atoms with Crippen molar-refractivity contribution >= 4 is 17.2 Å². The third-order valence-electron chi connectivity index (χ3n) is 6.22. The molecule has 0 fully saturated rings. The van der Waals surface area contributed by atoms with Crippen LogP contribution < -0.4 is 14.4 Å². The first-order valence-electron chi connectivity index (χ1n) is 11.4. The van der Waals surface area contributed by atoms with Crippen molar-refractivity contribution in [1.82, 2.24) is 0 Å². The van der Waals surface area contributed by atoms with Gasteiger partial charge in [0.2, 0.25) is 0 Å². The first-order chi connectivity index (χ1) is 17.8. The van der Waals surface area contributed by atoms with Crippen molar-refractivity contribution in [3.05, 3.63) is 107 Å². The smallest absolute Gasteiger partial charge is 0.416 e. The highest BCUT2D eigenvalue weighted by atomic mass is 19.4. The van der Waals surface area contributed by atoms with Gasteiger partial charge in [-0.25, -0.2) is 9.38 Å². The Balaban J connectivity index is 1.63. The van der Waals surface area contributed by atoms with E-state index >= 15 is 0 Å². The fourth-order valence-electron chi connectivity index (χ4n) is 4.34. The van der Waals surface area contributed by atoms with Crippen LogP contribution in [0, 0.1) is 5.82 Å². The van der Waals surface area contributed by atoms with Crippen LogP contribution in [-0.4, -0.2) is 20.1 Å². The molecule has 0 saturated carbocycles. The van der Waals surface area contributed by atoms with Gasteiger partial charge in [0.05, 0.1) is 32.0 Å². The zero-order valence-electron chi connectivity index (χ0n) is 20.0. The second-order valence-corrected chi connectivity index (χ2v) is 8.46. The summed E-state index contributed by atoms with van der Waals surface area (Å²) < 4.78 is 66.2. The van der Waals surface area contributed by atoms with Crippen molar-refractivity contribution in [3.8, 4) is 22.6 Å². The zero-order valence-corrected chi connectivity index (χ0v) is 20.0. The number of rotatable bonds is 5. The summed E-state index contributed by atoms with van der Waals surface area (Å²) in [5.74, 6) is 0.771. The average Bonchev–Trinajstić information content (AvgIpc) is 2.92. The quantitative estimate of drug-likeness (QED) is 0.261. The molecule has 8 heteroatoms. The van der Waals surface area contributed by atoms with Crippen LogP contribution >= 0.6 is 0 Å². The lowest BCUT2D eigenvalue weighted by atomic mass is 10.0. The summed E-state index contributed by atoms with van der Waals surface area (Å²) in [6, 6.07) is 22.8. The van der Waals surface area contributed by atoms with Crippen molar-refractivity contribution in [2.75, 3.05) is 19.1 Å². The van der Waals surface area contributed by atoms with Crippen LogP contribution in [0.5, 0.6) is 11.5 Å². The van der Waals surface area contributed by atoms with Crippen LogP contribution in [0.2, 0.25) is 0 Å². The molecule has 0 aromatic heterocycles. The van der Waals surface area contributed by atoms with E-state index in [0.717, 1.165) is 23.3 Å². The molecule has 1 aliphatic heterocycles. The van der Waals surface area contributed by atoms with Crippen LogP contribution in [0.4, 0.5) is 28.9 Å². The molecule has 0 N–H and O–H groups in total. The van der Waals surface area contributed by atoms with Crippen LogP contribution in [-0.2, 0) is 12.7 Å². The van der Waals surface area contributed by atoms with Crippen molar-refractivity contribution < 1.29 is 27.0 Å². The minimum Gasteiger partial charge on any atom is -0.497 e. The van der Waals surface area contributed by atoms with E-state index in [9.17, 15) is 17.6 Å². The van der Waals surface area contributed by atoms with Gasteiger partial charge in [0.25, 0.3) is 0 Å². The number of aliphatic imine (C=N–C) groups is 1. The third kappa shape index (κ3) is 4.74. The predicted octanol–water partition coefficient (Wildman–Crippen LogP) is 7.63. The van der Waals surface area contributed by atoms with Gasteiger partial charge in [-0.2, -0.15) is 13.2 Å². The Hall–Kier alpha value is -4.33. The Labute approximate surface area is 211 Å². The first kappa shape index (κ1) is 24.4. The molecule has 5 rings (SSSR count). The van der Waals surface area contributed by atoms with E-state index in [2.05, 4.69) is 4.99 Å². The van der Waals surface area contributed by atoms with Crippen LogP contribution in [0.25, 0.3) is 11.1 Å². The van der Waals surface area contributed by atoms with Gasteiger partial charge < -0.3 is 14.4 Å². The summed E-state index contributed by atoms with van der Waals surface area (Å²) >= 11 is 0. The van der Waals surface area contributed by atoms with E-state index in [1.54, 1.807) is 24.1 Å². The lowest BCUT2D eigenvalue weighted by Gasteiger charge is -2.32. The molecule has 0 amide bonds. The Morgan fingerprint density at radius 1 is 0.784 bits per heavy atom. The maximum Gasteiger partial charge on any atom is 0.416 e. The number of alkyl halides is 3. The number of anilines is 1. The standard InChI is InChI=1S/C29H22F4N2O2/c1-36-23-7-3-5-20(15-23)18-9-11-19(12-10-18)28-34-27-21(6-4-8-24(27)30)17-35(28)25-16-22(29(31,32)33)13-14-26(25)37-2/h3-16H,17H2,1-2H3. The number of amidine groups is 1. The monoisotopic (exact) mass is 506 g/mol. The zero-order chi connectivity index (χ0) is 26.2. The molecule has 1 aliphatic rings. The van der Waals surface area contributed by atoms with Gasteiger partial charge in [0.15, 0.2) is 0 Å². The highest BCUT2D eigenvalue weighted by Crippen LogP contribution is 2.41. The number of halogens is 4. The summed E-state index contributed by atoms with van der Waals surface area (Å²) in [5.41, 5.74) is 2.54. The SMILES string of the molecule is COc1cccc(-c2ccc(C3=Nc4c(F)cccc4CN3c3cc(C(F)(F)F)ccc3OC)cc2)c1. The predicted molar refractivity (Wildman–Crippen MR) is 135 cm³/mol. The summed E-state index contributed by atoms with van der Waals surface area (Å²) in [7, 11) is 2.99. The molecule has 4 aromatic rings. The van der Waals surface area contributed by atoms with Crippen molar-refractivity contribution in [3.63, 3.8) is 0 Å². The van der Waals surface area contributed by atoms with Crippen LogP contribution in [0.3, 0.4) is 0 Å². The lowest BCUT2D eigenvalue weighted by molar-refractivity contribution is -0.137. The fourth-order valence-corrected chi connectivity index (χ4v) is 4.34. The Morgan fingerprint density at radius 3 is 2.22 bits per heavy atom. The molecule has 37 heavy (non-hydrogen) atoms. The van der Waals surface area contributed by atoms with E-state index in [1.807, 2.05) is 48.5 Å². The molecule has 0 bridgehead atoms. The number of nitrogens with zero attached hydrogens (tertiary/aromatic N) is 2. The number of hydrogen-bond acceptors (Lipinski definition) is 4. The average molecular weight is 506 g/mol. The molecule has 0 radical (unpaired) electrons. The number of hydrogen-bond donors (Lipinski definition) is 0. The van der Waals surface area contributed by atoms with Crippen molar-refractivity contribution in [2.45, 2.75) is 12.7 Å². The van der Waals surface area contributed by atoms with Crippen LogP contribution in [0.15, 0.2) is 89.9 Å². The number of para-hydroxylation sites is 1. The number of benzene rings is 4. The number of fused-ring (bicyclic) bond motifs is 1. The van der Waals surface area contributed by atoms with E-state index in [4.69, 9.17) is 9.47 Å². The maximum atomic E-state index is 14.7. The van der Waals surface area contributed by atoms with E-state index in [-0.39, 0.29) is 23.7 Å². The molecule has 0 aliphatic carbocycles. The van der Waals surface area contributed by atoms with Gasteiger partial charge in [-0.05, 0) is 47.5 Å². The normalized spacial score (nSPS) is 13.1. The molecular weight excluding hydrogens is 484 g/mol. The highest BCUT2D eigenvalue weighted by molar-refractivity contribution is 6.13. The van der Waals surface area contributed by atoms with Crippen molar-refractivity contribution in [2.24, 2.45) is 4.99 Å². The van der Waals surface area contributed by atoms with Crippen LogP contribution in [0.1, 0.15) is 16.7 Å². The fraction of sp³-hybridized carbons (Fsp3) is 0.138. The minimum absolute atomic E-state index is 0.112. The van der Waals surface area contributed by atoms with Gasteiger partial charge in [-0.15, -0.1) is 0 Å². The van der Waals surface area contributed by atoms with Crippen molar-refractivity contribution in [1.29, 1.82) is 0 Å². The second kappa shape index (κ2) is 9.61. The largest absolute Gasteiger partial charge is 0.497 e. The van der Waals surface area contributed by atoms with Gasteiger partial charge in [-0.3, -0.25) is 0 Å². The maximum absolute atomic E-state index is 14.7. The summed E-state index contributed by atoms with van der Waals surface area (Å²) in [4.78, 5) is 6.20. The van der Waals surface area contributed by atoms with E-state index in [0.29, 0.717) is 22.7 Å². The molecule has 1 heterocycles. The van der Waals surface area contributed by atoms with E-state index < -0.39 is 17.6 Å². The minimum atomic E-state index is -4.55. The Kier molecular flexibility index (Phi) is 6.33. The highest BCUT2D eigenvalue weighted by Gasteiger charge is 2.33. The Morgan fingerprint density at radius 2 is 1.51 bits per heavy atom. The summed E-state index contributed by atoms with van der Waals surface area (Å²) in [6.07, 6.45) is -4.55. The lowest BCUT2D eigenvalue weighted by Crippen LogP contribution is -2.34.